The van der Waals surface area contributed by atoms with Crippen molar-refractivity contribution in [3.05, 3.63) is 61.1 Å². The van der Waals surface area contributed by atoms with E-state index in [0.29, 0.717) is 22.8 Å². The summed E-state index contributed by atoms with van der Waals surface area (Å²) in [5, 5.41) is 2.97. The van der Waals surface area contributed by atoms with Gasteiger partial charge in [-0.05, 0) is 12.1 Å². The fourth-order valence-electron chi connectivity index (χ4n) is 2.34. The number of fused-ring (bicyclic) bond motifs is 1. The number of imidazole rings is 1. The lowest BCUT2D eigenvalue weighted by Crippen LogP contribution is -2.03. The van der Waals surface area contributed by atoms with Gasteiger partial charge in [0.15, 0.2) is 17.3 Å². The second-order valence-electron chi connectivity index (χ2n) is 5.11. The summed E-state index contributed by atoms with van der Waals surface area (Å²) in [6.07, 6.45) is 7.49. The summed E-state index contributed by atoms with van der Waals surface area (Å²) in [6.45, 7) is 0. The van der Waals surface area contributed by atoms with Crippen LogP contribution in [0, 0.1) is 5.82 Å². The number of nitrogens with two attached hydrogens (primary N) is 1. The molecule has 0 bridgehead atoms. The van der Waals surface area contributed by atoms with E-state index in [1.165, 1.54) is 0 Å². The Balaban J connectivity index is 1.82. The molecular weight excluding hydrogens is 309 g/mol. The highest BCUT2D eigenvalue weighted by atomic mass is 19.1. The number of nitrogens with zero attached hydrogens (tertiary/aromatic N) is 5. The van der Waals surface area contributed by atoms with Crippen molar-refractivity contribution in [1.29, 1.82) is 0 Å². The number of aromatic nitrogens is 5. The van der Waals surface area contributed by atoms with Crippen LogP contribution >= 0.6 is 0 Å². The molecule has 0 aliphatic rings. The first kappa shape index (κ1) is 14.1. The average molecular weight is 321 g/mol. The molecule has 0 amide bonds. The fourth-order valence-corrected chi connectivity index (χ4v) is 2.34. The number of halogens is 1. The van der Waals surface area contributed by atoms with Crippen LogP contribution in [0.2, 0.25) is 0 Å². The molecule has 0 saturated carbocycles. The highest BCUT2D eigenvalue weighted by Crippen LogP contribution is 2.24. The Morgan fingerprint density at radius 3 is 2.75 bits per heavy atom. The highest BCUT2D eigenvalue weighted by molar-refractivity contribution is 5.72. The number of nitrogen functional groups attached to an aromatic ring is 1. The van der Waals surface area contributed by atoms with Crippen LogP contribution in [0.1, 0.15) is 0 Å². The van der Waals surface area contributed by atoms with Gasteiger partial charge in [-0.2, -0.15) is 0 Å². The standard InChI is InChI=1S/C16H12FN7/c17-11-7-20-16(21-8-11)23-14-15-19-4-5-24(15)9-13(22-14)10-2-1-3-12(18)6-10/h1-9H,18H2,(H,20,21,22,23). The molecule has 118 valence electrons. The molecule has 1 aromatic carbocycles. The smallest absolute Gasteiger partial charge is 0.228 e. The minimum absolute atomic E-state index is 0.235. The third-order valence-corrected chi connectivity index (χ3v) is 3.41. The Kier molecular flexibility index (Phi) is 3.27. The largest absolute Gasteiger partial charge is 0.399 e. The van der Waals surface area contributed by atoms with Gasteiger partial charge >= 0.3 is 0 Å². The molecule has 7 nitrogen and oxygen atoms in total. The van der Waals surface area contributed by atoms with Gasteiger partial charge in [-0.1, -0.05) is 12.1 Å². The van der Waals surface area contributed by atoms with Gasteiger partial charge in [-0.3, -0.25) is 0 Å². The van der Waals surface area contributed by atoms with Gasteiger partial charge in [0.2, 0.25) is 5.95 Å². The van der Waals surface area contributed by atoms with E-state index in [-0.39, 0.29) is 5.95 Å². The van der Waals surface area contributed by atoms with Gasteiger partial charge in [0, 0.05) is 29.8 Å². The molecule has 8 heteroatoms. The summed E-state index contributed by atoms with van der Waals surface area (Å²) in [6, 6.07) is 7.42. The van der Waals surface area contributed by atoms with E-state index in [2.05, 4.69) is 25.3 Å². The monoisotopic (exact) mass is 321 g/mol. The number of nitrogens with one attached hydrogen (secondary N) is 1. The van der Waals surface area contributed by atoms with E-state index in [4.69, 9.17) is 5.73 Å². The molecule has 24 heavy (non-hydrogen) atoms. The minimum Gasteiger partial charge on any atom is -0.399 e. The third kappa shape index (κ3) is 2.60. The summed E-state index contributed by atoms with van der Waals surface area (Å²) in [4.78, 5) is 16.6. The van der Waals surface area contributed by atoms with Gasteiger partial charge < -0.3 is 15.5 Å². The van der Waals surface area contributed by atoms with Crippen LogP contribution in [0.5, 0.6) is 0 Å². The molecule has 0 aliphatic carbocycles. The number of anilines is 3. The maximum atomic E-state index is 13.0. The van der Waals surface area contributed by atoms with Crippen molar-refractivity contribution < 1.29 is 4.39 Å². The first-order valence-electron chi connectivity index (χ1n) is 7.13. The average Bonchev–Trinajstić information content (AvgIpc) is 3.06. The molecular formula is C16H12FN7. The van der Waals surface area contributed by atoms with Crippen molar-refractivity contribution in [2.45, 2.75) is 0 Å². The minimum atomic E-state index is -0.507. The van der Waals surface area contributed by atoms with E-state index in [9.17, 15) is 4.39 Å². The van der Waals surface area contributed by atoms with Crippen LogP contribution in [0.25, 0.3) is 16.9 Å². The third-order valence-electron chi connectivity index (χ3n) is 3.41. The normalized spacial score (nSPS) is 10.9. The molecule has 0 atom stereocenters. The zero-order valence-corrected chi connectivity index (χ0v) is 12.4. The van der Waals surface area contributed by atoms with Gasteiger partial charge in [-0.15, -0.1) is 0 Å². The molecule has 0 saturated heterocycles. The molecule has 0 unspecified atom stereocenters. The Morgan fingerprint density at radius 2 is 1.96 bits per heavy atom. The topological polar surface area (TPSA) is 94.0 Å². The molecule has 4 rings (SSSR count). The Labute approximate surface area is 136 Å². The van der Waals surface area contributed by atoms with Gasteiger partial charge in [0.25, 0.3) is 0 Å². The fraction of sp³-hybridized carbons (Fsp3) is 0. The maximum absolute atomic E-state index is 13.0. The van der Waals surface area contributed by atoms with E-state index in [1.807, 2.05) is 41.1 Å². The van der Waals surface area contributed by atoms with Crippen LogP contribution in [-0.2, 0) is 0 Å². The van der Waals surface area contributed by atoms with Crippen LogP contribution in [0.4, 0.5) is 21.8 Å². The second-order valence-corrected chi connectivity index (χ2v) is 5.11. The molecule has 0 radical (unpaired) electrons. The zero-order valence-electron chi connectivity index (χ0n) is 12.4. The van der Waals surface area contributed by atoms with Crippen molar-refractivity contribution in [3.8, 4) is 11.3 Å². The Hall–Kier alpha value is -3.55. The van der Waals surface area contributed by atoms with Gasteiger partial charge in [0.1, 0.15) is 0 Å². The van der Waals surface area contributed by atoms with Crippen molar-refractivity contribution >= 4 is 23.1 Å². The predicted octanol–water partition coefficient (Wildman–Crippen LogP) is 2.65. The molecule has 0 spiro atoms. The summed E-state index contributed by atoms with van der Waals surface area (Å²) >= 11 is 0. The molecule has 0 aliphatic heterocycles. The first-order valence-corrected chi connectivity index (χ1v) is 7.13. The Bertz CT molecular complexity index is 1010. The summed E-state index contributed by atoms with van der Waals surface area (Å²) in [7, 11) is 0. The lowest BCUT2D eigenvalue weighted by Gasteiger charge is -2.09. The number of hydrogen-bond acceptors (Lipinski definition) is 6. The van der Waals surface area contributed by atoms with Crippen LogP contribution in [0.3, 0.4) is 0 Å². The van der Waals surface area contributed by atoms with Crippen molar-refractivity contribution in [2.24, 2.45) is 0 Å². The quantitative estimate of drug-likeness (QED) is 0.563. The lowest BCUT2D eigenvalue weighted by atomic mass is 10.1. The highest BCUT2D eigenvalue weighted by Gasteiger charge is 2.11. The maximum Gasteiger partial charge on any atom is 0.228 e. The van der Waals surface area contributed by atoms with Crippen LogP contribution in [0.15, 0.2) is 55.2 Å². The van der Waals surface area contributed by atoms with Crippen LogP contribution < -0.4 is 11.1 Å². The Morgan fingerprint density at radius 1 is 1.12 bits per heavy atom. The number of benzene rings is 1. The van der Waals surface area contributed by atoms with Crippen molar-refractivity contribution in [2.75, 3.05) is 11.1 Å². The van der Waals surface area contributed by atoms with Crippen molar-refractivity contribution in [1.82, 2.24) is 24.3 Å². The molecule has 3 aromatic heterocycles. The zero-order chi connectivity index (χ0) is 16.5. The number of rotatable bonds is 3. The number of hydrogen-bond donors (Lipinski definition) is 2. The summed E-state index contributed by atoms with van der Waals surface area (Å²) in [5.41, 5.74) is 8.68. The van der Waals surface area contributed by atoms with Crippen LogP contribution in [-0.4, -0.2) is 24.3 Å². The van der Waals surface area contributed by atoms with E-state index in [1.54, 1.807) is 6.20 Å². The SMILES string of the molecule is Nc1cccc(-c2cn3ccnc3c(Nc3ncc(F)cn3)n2)c1. The second kappa shape index (κ2) is 5.58. The van der Waals surface area contributed by atoms with Gasteiger partial charge in [-0.25, -0.2) is 24.3 Å². The van der Waals surface area contributed by atoms with E-state index in [0.717, 1.165) is 18.0 Å². The van der Waals surface area contributed by atoms with E-state index >= 15 is 0 Å². The first-order chi connectivity index (χ1) is 11.7. The van der Waals surface area contributed by atoms with Crippen molar-refractivity contribution in [3.63, 3.8) is 0 Å². The molecule has 3 N–H and O–H groups in total. The molecule has 0 fully saturated rings. The van der Waals surface area contributed by atoms with Gasteiger partial charge in [0.05, 0.1) is 18.1 Å². The molecule has 4 aromatic rings. The summed E-state index contributed by atoms with van der Waals surface area (Å²) in [5.74, 6) is 0.193. The summed E-state index contributed by atoms with van der Waals surface area (Å²) < 4.78 is 14.8. The predicted molar refractivity (Wildman–Crippen MR) is 88.1 cm³/mol. The van der Waals surface area contributed by atoms with E-state index < -0.39 is 5.82 Å². The molecule has 3 heterocycles. The lowest BCUT2D eigenvalue weighted by molar-refractivity contribution is 0.614.